The fourth-order valence-electron chi connectivity index (χ4n) is 6.72. The molecule has 2 saturated heterocycles. The zero-order valence-electron chi connectivity index (χ0n) is 23.8. The second kappa shape index (κ2) is 11.4. The number of hydrogen-bond acceptors (Lipinski definition) is 7. The molecule has 216 valence electrons. The van der Waals surface area contributed by atoms with Gasteiger partial charge in [0.15, 0.2) is 5.13 Å². The number of fused-ring (bicyclic) bond motifs is 2. The van der Waals surface area contributed by atoms with E-state index in [-0.39, 0.29) is 29.8 Å². The van der Waals surface area contributed by atoms with Crippen molar-refractivity contribution < 1.29 is 24.2 Å². The summed E-state index contributed by atoms with van der Waals surface area (Å²) in [6.45, 7) is 7.31. The molecule has 3 fully saturated rings. The molecule has 1 aromatic heterocycles. The van der Waals surface area contributed by atoms with E-state index >= 15 is 0 Å². The monoisotopic (exact) mass is 575 g/mol. The molecule has 1 N–H and O–H groups in total. The molecule has 1 amide bonds. The van der Waals surface area contributed by atoms with Gasteiger partial charge in [0.25, 0.3) is 5.91 Å². The van der Waals surface area contributed by atoms with Crippen LogP contribution < -0.4 is 9.64 Å². The molecule has 8 nitrogen and oxygen atoms in total. The highest BCUT2D eigenvalue weighted by Gasteiger charge is 2.46. The molecule has 2 aliphatic heterocycles. The van der Waals surface area contributed by atoms with Gasteiger partial charge in [-0.1, -0.05) is 17.7 Å². The summed E-state index contributed by atoms with van der Waals surface area (Å²) in [6, 6.07) is 12.0. The fourth-order valence-corrected chi connectivity index (χ4v) is 7.56. The molecule has 0 spiro atoms. The molecule has 2 aromatic carbocycles. The molecular formula is C32H37N3O5S. The van der Waals surface area contributed by atoms with Crippen molar-refractivity contribution in [1.29, 1.82) is 0 Å². The first-order valence-electron chi connectivity index (χ1n) is 14.4. The van der Waals surface area contributed by atoms with Gasteiger partial charge in [-0.05, 0) is 80.3 Å². The summed E-state index contributed by atoms with van der Waals surface area (Å²) >= 11 is 1.61. The number of amides is 1. The van der Waals surface area contributed by atoms with Crippen molar-refractivity contribution in [1.82, 2.24) is 9.88 Å². The van der Waals surface area contributed by atoms with E-state index in [9.17, 15) is 14.7 Å². The van der Waals surface area contributed by atoms with Crippen molar-refractivity contribution in [2.75, 3.05) is 38.2 Å². The highest BCUT2D eigenvalue weighted by atomic mass is 32.1. The Bertz CT molecular complexity index is 1440. The van der Waals surface area contributed by atoms with Gasteiger partial charge in [-0.15, -0.1) is 11.3 Å². The molecule has 3 aromatic rings. The molecule has 0 radical (unpaired) electrons. The summed E-state index contributed by atoms with van der Waals surface area (Å²) < 4.78 is 11.8. The summed E-state index contributed by atoms with van der Waals surface area (Å²) in [6.07, 6.45) is 2.95. The third kappa shape index (κ3) is 5.57. The zero-order valence-corrected chi connectivity index (χ0v) is 24.7. The summed E-state index contributed by atoms with van der Waals surface area (Å²) in [5, 5.41) is 12.7. The smallest absolute Gasteiger partial charge is 0.307 e. The topological polar surface area (TPSA) is 92.2 Å². The highest BCUT2D eigenvalue weighted by molar-refractivity contribution is 7.14. The summed E-state index contributed by atoms with van der Waals surface area (Å²) in [4.78, 5) is 33.9. The number of nitrogens with zero attached hydrogens (tertiary/aromatic N) is 3. The summed E-state index contributed by atoms with van der Waals surface area (Å²) in [5.74, 6) is 0.320. The van der Waals surface area contributed by atoms with Crippen LogP contribution in [0.3, 0.4) is 0 Å². The quantitative estimate of drug-likeness (QED) is 0.384. The number of carboxylic acid groups (broad SMARTS) is 1. The molecule has 1 aliphatic carbocycles. The Morgan fingerprint density at radius 3 is 2.51 bits per heavy atom. The van der Waals surface area contributed by atoms with Crippen LogP contribution in [0.1, 0.15) is 46.3 Å². The van der Waals surface area contributed by atoms with Crippen molar-refractivity contribution in [3.63, 3.8) is 0 Å². The van der Waals surface area contributed by atoms with Crippen LogP contribution >= 0.6 is 11.3 Å². The SMILES string of the molecule is CO[C@@H]1CCN(C(=O)c2ccc(COc3ccc(C)cc3-c3csc(N4C[C@@H]5CC[C@@H](C4)C5C(=O)O)n3)c(C)c2)C1. The Morgan fingerprint density at radius 2 is 1.83 bits per heavy atom. The Morgan fingerprint density at radius 1 is 1.05 bits per heavy atom. The summed E-state index contributed by atoms with van der Waals surface area (Å²) in [5.41, 5.74) is 5.67. The predicted octanol–water partition coefficient (Wildman–Crippen LogP) is 5.41. The van der Waals surface area contributed by atoms with E-state index in [1.54, 1.807) is 18.4 Å². The molecule has 2 bridgehead atoms. The molecule has 3 heterocycles. The van der Waals surface area contributed by atoms with Gasteiger partial charge in [-0.2, -0.15) is 0 Å². The van der Waals surface area contributed by atoms with Crippen molar-refractivity contribution >= 4 is 28.3 Å². The number of carbonyl (C=O) groups excluding carboxylic acids is 1. The molecule has 41 heavy (non-hydrogen) atoms. The lowest BCUT2D eigenvalue weighted by Gasteiger charge is -2.35. The maximum atomic E-state index is 13.0. The van der Waals surface area contributed by atoms with Gasteiger partial charge < -0.3 is 24.4 Å². The second-order valence-corrected chi connectivity index (χ2v) is 12.5. The number of likely N-dealkylation sites (tertiary alicyclic amines) is 1. The van der Waals surface area contributed by atoms with Crippen LogP contribution in [0.5, 0.6) is 5.75 Å². The molecule has 6 rings (SSSR count). The second-order valence-electron chi connectivity index (χ2n) is 11.7. The largest absolute Gasteiger partial charge is 0.488 e. The minimum atomic E-state index is -0.651. The van der Waals surface area contributed by atoms with Crippen molar-refractivity contribution in [2.45, 2.75) is 45.8 Å². The molecule has 3 aliphatic rings. The van der Waals surface area contributed by atoms with E-state index in [1.807, 2.05) is 42.2 Å². The van der Waals surface area contributed by atoms with Gasteiger partial charge in [-0.3, -0.25) is 9.59 Å². The van der Waals surface area contributed by atoms with Crippen molar-refractivity contribution in [2.24, 2.45) is 17.8 Å². The number of hydrogen-bond donors (Lipinski definition) is 1. The number of carboxylic acids is 1. The number of aryl methyl sites for hydroxylation is 2. The number of piperidine rings is 1. The van der Waals surface area contributed by atoms with E-state index in [4.69, 9.17) is 14.5 Å². The molecule has 0 unspecified atom stereocenters. The number of anilines is 1. The zero-order chi connectivity index (χ0) is 28.7. The van der Waals surface area contributed by atoms with E-state index < -0.39 is 5.97 Å². The van der Waals surface area contributed by atoms with Crippen LogP contribution in [-0.2, 0) is 16.1 Å². The number of thiazole rings is 1. The Hall–Kier alpha value is -3.43. The minimum Gasteiger partial charge on any atom is -0.488 e. The van der Waals surface area contributed by atoms with Gasteiger partial charge >= 0.3 is 5.97 Å². The molecule has 1 saturated carbocycles. The lowest BCUT2D eigenvalue weighted by atomic mass is 9.85. The third-order valence-electron chi connectivity index (χ3n) is 9.03. The number of carbonyl (C=O) groups is 2. The third-order valence-corrected chi connectivity index (χ3v) is 9.93. The van der Waals surface area contributed by atoms with E-state index in [0.717, 1.165) is 77.7 Å². The van der Waals surface area contributed by atoms with Crippen LogP contribution in [-0.4, -0.2) is 66.3 Å². The first kappa shape index (κ1) is 27.7. The average molecular weight is 576 g/mol. The van der Waals surface area contributed by atoms with Crippen LogP contribution in [0, 0.1) is 31.6 Å². The minimum absolute atomic E-state index is 0.0421. The molecular weight excluding hydrogens is 538 g/mol. The number of ether oxygens (including phenoxy) is 2. The van der Waals surface area contributed by atoms with Gasteiger partial charge in [0.2, 0.25) is 0 Å². The maximum absolute atomic E-state index is 13.0. The first-order chi connectivity index (χ1) is 19.8. The molecule has 9 heteroatoms. The maximum Gasteiger partial charge on any atom is 0.307 e. The average Bonchev–Trinajstić information content (AvgIpc) is 3.70. The fraction of sp³-hybridized carbons (Fsp3) is 0.469. The predicted molar refractivity (Wildman–Crippen MR) is 159 cm³/mol. The Labute approximate surface area is 244 Å². The number of benzene rings is 2. The Balaban J connectivity index is 1.15. The van der Waals surface area contributed by atoms with Crippen LogP contribution in [0.2, 0.25) is 0 Å². The number of methoxy groups -OCH3 is 1. The summed E-state index contributed by atoms with van der Waals surface area (Å²) in [7, 11) is 1.69. The first-order valence-corrected chi connectivity index (χ1v) is 15.3. The van der Waals surface area contributed by atoms with E-state index in [1.165, 1.54) is 0 Å². The van der Waals surface area contributed by atoms with Crippen LogP contribution in [0.15, 0.2) is 41.8 Å². The van der Waals surface area contributed by atoms with Crippen molar-refractivity contribution in [3.05, 3.63) is 64.0 Å². The van der Waals surface area contributed by atoms with Gasteiger partial charge in [-0.25, -0.2) is 4.98 Å². The highest BCUT2D eigenvalue weighted by Crippen LogP contribution is 2.44. The van der Waals surface area contributed by atoms with E-state index in [0.29, 0.717) is 18.7 Å². The van der Waals surface area contributed by atoms with Crippen LogP contribution in [0.25, 0.3) is 11.3 Å². The lowest BCUT2D eigenvalue weighted by Crippen LogP contribution is -2.44. The number of aliphatic carboxylic acids is 1. The van der Waals surface area contributed by atoms with Gasteiger partial charge in [0.05, 0.1) is 17.7 Å². The van der Waals surface area contributed by atoms with Crippen LogP contribution in [0.4, 0.5) is 5.13 Å². The number of aromatic nitrogens is 1. The normalized spacial score (nSPS) is 23.7. The lowest BCUT2D eigenvalue weighted by molar-refractivity contribution is -0.144. The van der Waals surface area contributed by atoms with E-state index in [2.05, 4.69) is 23.3 Å². The standard InChI is InChI=1S/C32H37N3O5S/c1-19-4-9-28(40-17-24-8-5-21(13-20(24)2)30(36)34-11-10-25(16-34)39-3)26(12-19)27-18-41-32(33-27)35-14-22-6-7-23(15-35)29(22)31(37)38/h4-5,8-9,12-13,18,22-23,25,29H,6-7,10-11,14-17H2,1-3H3,(H,37,38)/t22-,23-,25+/m0/s1. The van der Waals surface area contributed by atoms with Crippen molar-refractivity contribution in [3.8, 4) is 17.0 Å². The molecule has 3 atom stereocenters. The van der Waals surface area contributed by atoms with Gasteiger partial charge in [0.1, 0.15) is 12.4 Å². The van der Waals surface area contributed by atoms with Gasteiger partial charge in [0, 0.05) is 49.8 Å². The Kier molecular flexibility index (Phi) is 7.74. The number of rotatable bonds is 8.